The van der Waals surface area contributed by atoms with Crippen molar-refractivity contribution in [1.82, 2.24) is 0 Å². The monoisotopic (exact) mass is 251 g/mol. The van der Waals surface area contributed by atoms with Crippen molar-refractivity contribution in [3.63, 3.8) is 0 Å². The molecule has 3 heteroatoms. The SMILES string of the molecule is N#Cc1ccc(/C=C/C(=O)c2ccc(F)cc2)cc1. The number of hydrogen-bond donors (Lipinski definition) is 0. The summed E-state index contributed by atoms with van der Waals surface area (Å²) in [5.41, 5.74) is 1.84. The maximum absolute atomic E-state index is 12.7. The molecule has 2 aromatic carbocycles. The van der Waals surface area contributed by atoms with Crippen LogP contribution in [-0.2, 0) is 0 Å². The number of rotatable bonds is 3. The predicted octanol–water partition coefficient (Wildman–Crippen LogP) is 3.59. The first-order chi connectivity index (χ1) is 9.19. The van der Waals surface area contributed by atoms with Gasteiger partial charge in [-0.25, -0.2) is 4.39 Å². The number of hydrogen-bond acceptors (Lipinski definition) is 2. The molecule has 0 radical (unpaired) electrons. The number of allylic oxidation sites excluding steroid dienone is 1. The van der Waals surface area contributed by atoms with E-state index in [4.69, 9.17) is 5.26 Å². The van der Waals surface area contributed by atoms with Crippen LogP contribution >= 0.6 is 0 Å². The van der Waals surface area contributed by atoms with E-state index in [1.54, 1.807) is 30.3 Å². The lowest BCUT2D eigenvalue weighted by Gasteiger charge is -1.96. The van der Waals surface area contributed by atoms with Crippen molar-refractivity contribution in [1.29, 1.82) is 5.26 Å². The third-order valence-corrected chi connectivity index (χ3v) is 2.60. The largest absolute Gasteiger partial charge is 0.289 e. The van der Waals surface area contributed by atoms with Crippen molar-refractivity contribution in [2.45, 2.75) is 0 Å². The molecule has 0 unspecified atom stereocenters. The van der Waals surface area contributed by atoms with Gasteiger partial charge >= 0.3 is 0 Å². The van der Waals surface area contributed by atoms with Gasteiger partial charge in [0, 0.05) is 5.56 Å². The third kappa shape index (κ3) is 3.36. The highest BCUT2D eigenvalue weighted by Crippen LogP contribution is 2.08. The molecule has 2 rings (SSSR count). The molecular weight excluding hydrogens is 241 g/mol. The standard InChI is InChI=1S/C16H10FNO/c17-15-8-6-14(7-9-15)16(19)10-5-12-1-3-13(11-18)4-2-12/h1-10H/b10-5+. The highest BCUT2D eigenvalue weighted by molar-refractivity contribution is 6.06. The molecular formula is C16H10FNO. The number of nitrogens with zero attached hydrogens (tertiary/aromatic N) is 1. The van der Waals surface area contributed by atoms with Gasteiger partial charge in [-0.3, -0.25) is 4.79 Å². The Hall–Kier alpha value is -2.73. The minimum Gasteiger partial charge on any atom is -0.289 e. The van der Waals surface area contributed by atoms with Gasteiger partial charge in [0.2, 0.25) is 0 Å². The van der Waals surface area contributed by atoms with E-state index in [1.165, 1.54) is 30.3 Å². The molecule has 0 aliphatic rings. The molecule has 0 amide bonds. The first kappa shape index (κ1) is 12.7. The Labute approximate surface area is 110 Å². The quantitative estimate of drug-likeness (QED) is 0.617. The Balaban J connectivity index is 2.11. The first-order valence-corrected chi connectivity index (χ1v) is 5.67. The average molecular weight is 251 g/mol. The van der Waals surface area contributed by atoms with Crippen molar-refractivity contribution in [3.05, 3.63) is 77.1 Å². The van der Waals surface area contributed by atoms with E-state index >= 15 is 0 Å². The molecule has 0 bridgehead atoms. The van der Waals surface area contributed by atoms with Crippen LogP contribution in [0.25, 0.3) is 6.08 Å². The number of benzene rings is 2. The summed E-state index contributed by atoms with van der Waals surface area (Å²) in [4.78, 5) is 11.8. The van der Waals surface area contributed by atoms with Gasteiger partial charge in [0.15, 0.2) is 5.78 Å². The topological polar surface area (TPSA) is 40.9 Å². The van der Waals surface area contributed by atoms with Crippen molar-refractivity contribution >= 4 is 11.9 Å². The second kappa shape index (κ2) is 5.74. The summed E-state index contributed by atoms with van der Waals surface area (Å²) in [6.07, 6.45) is 3.08. The molecule has 0 N–H and O–H groups in total. The van der Waals surface area contributed by atoms with Crippen LogP contribution < -0.4 is 0 Å². The van der Waals surface area contributed by atoms with Crippen LogP contribution in [0.1, 0.15) is 21.5 Å². The predicted molar refractivity (Wildman–Crippen MR) is 70.9 cm³/mol. The molecule has 0 saturated carbocycles. The number of halogens is 1. The third-order valence-electron chi connectivity index (χ3n) is 2.60. The second-order valence-electron chi connectivity index (χ2n) is 3.94. The van der Waals surface area contributed by atoms with Crippen molar-refractivity contribution in [2.75, 3.05) is 0 Å². The summed E-state index contributed by atoms with van der Waals surface area (Å²) in [5, 5.41) is 8.66. The van der Waals surface area contributed by atoms with Crippen LogP contribution in [-0.4, -0.2) is 5.78 Å². The summed E-state index contributed by atoms with van der Waals surface area (Å²) < 4.78 is 12.7. The zero-order valence-electron chi connectivity index (χ0n) is 10.0. The summed E-state index contributed by atoms with van der Waals surface area (Å²) in [6, 6.07) is 14.3. The average Bonchev–Trinajstić information content (AvgIpc) is 2.46. The molecule has 0 fully saturated rings. The Morgan fingerprint density at radius 3 is 2.26 bits per heavy atom. The van der Waals surface area contributed by atoms with Crippen LogP contribution in [0.4, 0.5) is 4.39 Å². The number of carbonyl (C=O) groups excluding carboxylic acids is 1. The minimum absolute atomic E-state index is 0.190. The fourth-order valence-corrected chi connectivity index (χ4v) is 1.55. The maximum Gasteiger partial charge on any atom is 0.185 e. The lowest BCUT2D eigenvalue weighted by molar-refractivity contribution is 0.104. The highest BCUT2D eigenvalue weighted by atomic mass is 19.1. The van der Waals surface area contributed by atoms with Gasteiger partial charge < -0.3 is 0 Å². The van der Waals surface area contributed by atoms with E-state index in [0.717, 1.165) is 5.56 Å². The molecule has 0 aromatic heterocycles. The Morgan fingerprint density at radius 2 is 1.68 bits per heavy atom. The van der Waals surface area contributed by atoms with Gasteiger partial charge in [-0.1, -0.05) is 18.2 Å². The smallest absolute Gasteiger partial charge is 0.185 e. The van der Waals surface area contributed by atoms with Crippen molar-refractivity contribution < 1.29 is 9.18 Å². The molecule has 2 aromatic rings. The molecule has 0 heterocycles. The Bertz CT molecular complexity index is 649. The summed E-state index contributed by atoms with van der Waals surface area (Å²) in [7, 11) is 0. The van der Waals surface area contributed by atoms with Gasteiger partial charge in [-0.2, -0.15) is 5.26 Å². The lowest BCUT2D eigenvalue weighted by atomic mass is 10.1. The Morgan fingerprint density at radius 1 is 1.05 bits per heavy atom. The van der Waals surface area contributed by atoms with E-state index in [2.05, 4.69) is 0 Å². The van der Waals surface area contributed by atoms with E-state index in [0.29, 0.717) is 11.1 Å². The fourth-order valence-electron chi connectivity index (χ4n) is 1.55. The molecule has 0 spiro atoms. The molecule has 0 aliphatic carbocycles. The van der Waals surface area contributed by atoms with Crippen LogP contribution in [0.3, 0.4) is 0 Å². The van der Waals surface area contributed by atoms with Gasteiger partial charge in [0.25, 0.3) is 0 Å². The summed E-state index contributed by atoms with van der Waals surface area (Å²) in [6.45, 7) is 0. The number of nitriles is 1. The lowest BCUT2D eigenvalue weighted by Crippen LogP contribution is -1.93. The van der Waals surface area contributed by atoms with E-state index in [1.807, 2.05) is 6.07 Å². The van der Waals surface area contributed by atoms with Crippen LogP contribution in [0.2, 0.25) is 0 Å². The van der Waals surface area contributed by atoms with Gasteiger partial charge in [-0.15, -0.1) is 0 Å². The molecule has 0 saturated heterocycles. The van der Waals surface area contributed by atoms with Crippen molar-refractivity contribution in [2.24, 2.45) is 0 Å². The van der Waals surface area contributed by atoms with Crippen LogP contribution in [0.5, 0.6) is 0 Å². The zero-order chi connectivity index (χ0) is 13.7. The van der Waals surface area contributed by atoms with Crippen molar-refractivity contribution in [3.8, 4) is 6.07 Å². The molecule has 0 aliphatic heterocycles. The number of ketones is 1. The molecule has 19 heavy (non-hydrogen) atoms. The fraction of sp³-hybridized carbons (Fsp3) is 0. The zero-order valence-corrected chi connectivity index (χ0v) is 10.0. The van der Waals surface area contributed by atoms with Crippen LogP contribution in [0, 0.1) is 17.1 Å². The molecule has 2 nitrogen and oxygen atoms in total. The second-order valence-corrected chi connectivity index (χ2v) is 3.94. The van der Waals surface area contributed by atoms with E-state index < -0.39 is 0 Å². The number of carbonyl (C=O) groups is 1. The van der Waals surface area contributed by atoms with Gasteiger partial charge in [-0.05, 0) is 48.0 Å². The maximum atomic E-state index is 12.7. The first-order valence-electron chi connectivity index (χ1n) is 5.67. The van der Waals surface area contributed by atoms with E-state index in [-0.39, 0.29) is 11.6 Å². The minimum atomic E-state index is -0.368. The molecule has 0 atom stereocenters. The van der Waals surface area contributed by atoms with Gasteiger partial charge in [0.05, 0.1) is 11.6 Å². The molecule has 92 valence electrons. The van der Waals surface area contributed by atoms with E-state index in [9.17, 15) is 9.18 Å². The van der Waals surface area contributed by atoms with Crippen LogP contribution in [0.15, 0.2) is 54.6 Å². The normalized spacial score (nSPS) is 10.3. The summed E-state index contributed by atoms with van der Waals surface area (Å²) >= 11 is 0. The summed E-state index contributed by atoms with van der Waals surface area (Å²) in [5.74, 6) is -0.558. The Kier molecular flexibility index (Phi) is 3.84. The highest BCUT2D eigenvalue weighted by Gasteiger charge is 2.01. The van der Waals surface area contributed by atoms with Gasteiger partial charge in [0.1, 0.15) is 5.82 Å².